The Morgan fingerprint density at radius 2 is 1.71 bits per heavy atom. The van der Waals surface area contributed by atoms with Crippen LogP contribution in [0.5, 0.6) is 11.5 Å². The first-order valence-corrected chi connectivity index (χ1v) is 10.3. The van der Waals surface area contributed by atoms with Gasteiger partial charge >= 0.3 is 0 Å². The average Bonchev–Trinajstić information content (AvgIpc) is 3.48. The van der Waals surface area contributed by atoms with E-state index in [1.165, 1.54) is 6.07 Å². The van der Waals surface area contributed by atoms with Gasteiger partial charge in [0.05, 0.1) is 16.9 Å². The summed E-state index contributed by atoms with van der Waals surface area (Å²) in [5.74, 6) is -0.356. The molecule has 1 saturated carbocycles. The number of nitrogens with one attached hydrogen (secondary N) is 2. The maximum absolute atomic E-state index is 13.1. The van der Waals surface area contributed by atoms with Gasteiger partial charge in [-0.2, -0.15) is 0 Å². The molecule has 6 rings (SSSR count). The van der Waals surface area contributed by atoms with E-state index in [0.717, 1.165) is 25.7 Å². The van der Waals surface area contributed by atoms with Gasteiger partial charge in [0.25, 0.3) is 5.56 Å². The average molecular weight is 417 g/mol. The Kier molecular flexibility index (Phi) is 3.62. The molecule has 0 aliphatic heterocycles. The number of hydrogen-bond acceptors (Lipinski definition) is 5. The van der Waals surface area contributed by atoms with Gasteiger partial charge in [-0.25, -0.2) is 0 Å². The molecule has 0 bridgehead atoms. The van der Waals surface area contributed by atoms with Gasteiger partial charge in [-0.3, -0.25) is 19.4 Å². The van der Waals surface area contributed by atoms with Crippen LogP contribution < -0.4 is 11.0 Å². The Balaban J connectivity index is 1.82. The van der Waals surface area contributed by atoms with Gasteiger partial charge in [0, 0.05) is 10.9 Å². The third-order valence-electron chi connectivity index (χ3n) is 6.29. The van der Waals surface area contributed by atoms with Crippen molar-refractivity contribution in [3.05, 3.63) is 57.0 Å². The molecule has 0 amide bonds. The van der Waals surface area contributed by atoms with E-state index in [-0.39, 0.29) is 22.9 Å². The van der Waals surface area contributed by atoms with Gasteiger partial charge in [0.2, 0.25) is 11.2 Å². The number of rotatable bonds is 2. The van der Waals surface area contributed by atoms with Crippen molar-refractivity contribution in [1.29, 1.82) is 0 Å². The highest BCUT2D eigenvalue weighted by atomic mass is 16.4. The Labute approximate surface area is 174 Å². The molecular formula is C23H19N3O5. The summed E-state index contributed by atoms with van der Waals surface area (Å²) in [6.07, 6.45) is 4.17. The molecule has 31 heavy (non-hydrogen) atoms. The van der Waals surface area contributed by atoms with Crippen LogP contribution in [0.1, 0.15) is 31.7 Å². The van der Waals surface area contributed by atoms with Crippen LogP contribution in [-0.4, -0.2) is 25.0 Å². The smallest absolute Gasteiger partial charge is 0.274 e. The number of phenols is 2. The largest absolute Gasteiger partial charge is 0.508 e. The predicted molar refractivity (Wildman–Crippen MR) is 117 cm³/mol. The van der Waals surface area contributed by atoms with Crippen LogP contribution in [0.15, 0.2) is 50.4 Å². The number of H-pyrrole nitrogens is 2. The fraction of sp³-hybridized carbons (Fsp3) is 0.217. The number of fused-ring (bicyclic) bond motifs is 4. The third kappa shape index (κ3) is 2.48. The second-order valence-corrected chi connectivity index (χ2v) is 8.11. The minimum absolute atomic E-state index is 0.0790. The van der Waals surface area contributed by atoms with E-state index in [2.05, 4.69) is 10.1 Å². The number of hydrogen-bond donors (Lipinski definition) is 4. The Bertz CT molecular complexity index is 1590. The Morgan fingerprint density at radius 1 is 0.968 bits per heavy atom. The Morgan fingerprint density at radius 3 is 2.45 bits per heavy atom. The van der Waals surface area contributed by atoms with Crippen molar-refractivity contribution in [3.8, 4) is 22.6 Å². The van der Waals surface area contributed by atoms with Gasteiger partial charge in [0.1, 0.15) is 11.4 Å². The number of aromatic hydroxyl groups is 2. The minimum atomic E-state index is -0.532. The van der Waals surface area contributed by atoms with Crippen molar-refractivity contribution in [2.24, 2.45) is 0 Å². The zero-order valence-corrected chi connectivity index (χ0v) is 16.4. The quantitative estimate of drug-likeness (QED) is 0.344. The van der Waals surface area contributed by atoms with Crippen LogP contribution in [0.4, 0.5) is 0 Å². The number of benzene rings is 2. The summed E-state index contributed by atoms with van der Waals surface area (Å²) in [4.78, 5) is 28.4. The maximum Gasteiger partial charge on any atom is 0.274 e. The van der Waals surface area contributed by atoms with E-state index in [1.807, 2.05) is 4.68 Å². The summed E-state index contributed by atoms with van der Waals surface area (Å²) in [6, 6.07) is 9.60. The number of aromatic amines is 2. The molecule has 0 radical (unpaired) electrons. The standard InChI is InChI=1S/C23H19N3O5/c27-13-7-5-11(6-8-13)16-17-22(26(25-23(17)30)12-3-1-2-4-12)24-18-14-9-10-15(28)19(29)20(14)31-21(16)18/h5-10,12,24,27,29H,1-4H2,(H,25,30). The van der Waals surface area contributed by atoms with Gasteiger partial charge in [-0.05, 0) is 42.7 Å². The molecule has 0 saturated heterocycles. The summed E-state index contributed by atoms with van der Waals surface area (Å²) in [6.45, 7) is 0. The van der Waals surface area contributed by atoms with Crippen molar-refractivity contribution >= 4 is 33.1 Å². The SMILES string of the molecule is O=c1ccc2c(oc3c(-c4ccc(O)cc4)c4c(=O)[nH]n(C5CCCC5)c4[nH]c32)c1O. The fourth-order valence-electron chi connectivity index (χ4n) is 4.80. The van der Waals surface area contributed by atoms with E-state index in [0.29, 0.717) is 38.6 Å². The van der Waals surface area contributed by atoms with Crippen molar-refractivity contribution in [3.63, 3.8) is 0 Å². The number of aromatic nitrogens is 3. The summed E-state index contributed by atoms with van der Waals surface area (Å²) in [5, 5.41) is 24.0. The summed E-state index contributed by atoms with van der Waals surface area (Å²) in [7, 11) is 0. The zero-order valence-electron chi connectivity index (χ0n) is 16.4. The maximum atomic E-state index is 13.1. The van der Waals surface area contributed by atoms with Crippen molar-refractivity contribution in [2.45, 2.75) is 31.7 Å². The molecule has 4 N–H and O–H groups in total. The minimum Gasteiger partial charge on any atom is -0.508 e. The van der Waals surface area contributed by atoms with Crippen LogP contribution in [0.25, 0.3) is 44.2 Å². The second kappa shape index (κ2) is 6.28. The number of nitrogens with zero attached hydrogens (tertiary/aromatic N) is 1. The second-order valence-electron chi connectivity index (χ2n) is 8.11. The topological polar surface area (TPSA) is 124 Å². The molecule has 1 aliphatic rings. The first-order chi connectivity index (χ1) is 15.0. The van der Waals surface area contributed by atoms with Gasteiger partial charge in [-0.15, -0.1) is 0 Å². The molecule has 3 heterocycles. The van der Waals surface area contributed by atoms with E-state index >= 15 is 0 Å². The lowest BCUT2D eigenvalue weighted by atomic mass is 10.0. The lowest BCUT2D eigenvalue weighted by Crippen LogP contribution is -2.10. The van der Waals surface area contributed by atoms with Crippen molar-refractivity contribution in [1.82, 2.24) is 14.8 Å². The van der Waals surface area contributed by atoms with E-state index in [4.69, 9.17) is 4.42 Å². The van der Waals surface area contributed by atoms with E-state index in [9.17, 15) is 19.8 Å². The highest BCUT2D eigenvalue weighted by molar-refractivity contribution is 6.15. The summed E-state index contributed by atoms with van der Waals surface area (Å²) in [5.41, 5.74) is 2.11. The lowest BCUT2D eigenvalue weighted by molar-refractivity contribution is 0.464. The van der Waals surface area contributed by atoms with E-state index in [1.54, 1.807) is 30.3 Å². The van der Waals surface area contributed by atoms with Crippen molar-refractivity contribution in [2.75, 3.05) is 0 Å². The molecule has 0 unspecified atom stereocenters. The highest BCUT2D eigenvalue weighted by Gasteiger charge is 2.26. The molecule has 156 valence electrons. The van der Waals surface area contributed by atoms with Gasteiger partial charge in [0.15, 0.2) is 11.2 Å². The van der Waals surface area contributed by atoms with Gasteiger partial charge in [-0.1, -0.05) is 25.0 Å². The normalized spacial score (nSPS) is 15.0. The number of pyridine rings is 1. The molecule has 8 heteroatoms. The lowest BCUT2D eigenvalue weighted by Gasteiger charge is -2.13. The molecule has 0 atom stereocenters. The van der Waals surface area contributed by atoms with Crippen LogP contribution in [0, 0.1) is 0 Å². The molecule has 8 nitrogen and oxygen atoms in total. The molecule has 5 aromatic rings. The van der Waals surface area contributed by atoms with Crippen LogP contribution in [0.3, 0.4) is 0 Å². The third-order valence-corrected chi connectivity index (χ3v) is 6.29. The first-order valence-electron chi connectivity index (χ1n) is 10.3. The highest BCUT2D eigenvalue weighted by Crippen LogP contribution is 2.41. The molecule has 1 fully saturated rings. The summed E-state index contributed by atoms with van der Waals surface area (Å²) < 4.78 is 7.87. The van der Waals surface area contributed by atoms with Crippen LogP contribution in [0.2, 0.25) is 0 Å². The number of furan rings is 1. The molecular weight excluding hydrogens is 398 g/mol. The monoisotopic (exact) mass is 417 g/mol. The molecule has 2 aromatic carbocycles. The molecule has 0 spiro atoms. The van der Waals surface area contributed by atoms with E-state index < -0.39 is 11.2 Å². The summed E-state index contributed by atoms with van der Waals surface area (Å²) >= 11 is 0. The number of phenolic OH excluding ortho intramolecular Hbond substituents is 2. The molecule has 1 aliphatic carbocycles. The molecule has 3 aromatic heterocycles. The van der Waals surface area contributed by atoms with Crippen molar-refractivity contribution < 1.29 is 14.6 Å². The predicted octanol–water partition coefficient (Wildman–Crippen LogP) is 4.11. The van der Waals surface area contributed by atoms with Crippen LogP contribution >= 0.6 is 0 Å². The van der Waals surface area contributed by atoms with Crippen LogP contribution in [-0.2, 0) is 0 Å². The fourth-order valence-corrected chi connectivity index (χ4v) is 4.80. The first kappa shape index (κ1) is 17.9. The zero-order chi connectivity index (χ0) is 21.3. The Hall–Kier alpha value is -3.94. The van der Waals surface area contributed by atoms with Gasteiger partial charge < -0.3 is 19.6 Å².